The van der Waals surface area contributed by atoms with Crippen molar-refractivity contribution in [2.75, 3.05) is 0 Å². The van der Waals surface area contributed by atoms with Gasteiger partial charge in [0.2, 0.25) is 0 Å². The van der Waals surface area contributed by atoms with Crippen LogP contribution in [0.25, 0.3) is 11.2 Å². The molecule has 92 valence electrons. The van der Waals surface area contributed by atoms with E-state index in [-0.39, 0.29) is 0 Å². The van der Waals surface area contributed by atoms with Crippen molar-refractivity contribution in [3.63, 3.8) is 0 Å². The Kier molecular flexibility index (Phi) is 3.54. The number of hydrogen-bond donors (Lipinski definition) is 1. The molecule has 0 aromatic carbocycles. The maximum absolute atomic E-state index is 5.91. The van der Waals surface area contributed by atoms with Gasteiger partial charge in [0.15, 0.2) is 10.4 Å². The lowest BCUT2D eigenvalue weighted by atomic mass is 9.98. The molecule has 0 fully saturated rings. The fourth-order valence-corrected chi connectivity index (χ4v) is 2.12. The van der Waals surface area contributed by atoms with Crippen LogP contribution in [0.3, 0.4) is 0 Å². The lowest BCUT2D eigenvalue weighted by Crippen LogP contribution is -2.13. The molecule has 0 radical (unpaired) electrons. The normalized spacial score (nSPS) is 13.5. The summed E-state index contributed by atoms with van der Waals surface area (Å²) in [6.07, 6.45) is 1.66. The lowest BCUT2D eigenvalue weighted by molar-refractivity contribution is 0.366. The van der Waals surface area contributed by atoms with Gasteiger partial charge in [-0.25, -0.2) is 4.98 Å². The molecule has 5 heteroatoms. The lowest BCUT2D eigenvalue weighted by Gasteiger charge is -2.16. The molecule has 17 heavy (non-hydrogen) atoms. The van der Waals surface area contributed by atoms with Gasteiger partial charge in [0.25, 0.3) is 0 Å². The highest BCUT2D eigenvalue weighted by molar-refractivity contribution is 7.71. The van der Waals surface area contributed by atoms with Crippen LogP contribution >= 0.6 is 23.8 Å². The standard InChI is InChI=1S/C12H16ClN3S/c1-7(2)8(3)6-16-11-10(15-12(16)17)4-9(13)5-14-11/h4-5,7-8H,6H2,1-3H3,(H,15,17). The molecular weight excluding hydrogens is 254 g/mol. The fraction of sp³-hybridized carbons (Fsp3) is 0.500. The van der Waals surface area contributed by atoms with Crippen LogP contribution in [0.1, 0.15) is 20.8 Å². The van der Waals surface area contributed by atoms with Gasteiger partial charge in [-0.2, -0.15) is 0 Å². The van der Waals surface area contributed by atoms with Crippen molar-refractivity contribution >= 4 is 35.0 Å². The number of H-pyrrole nitrogens is 1. The van der Waals surface area contributed by atoms with Crippen molar-refractivity contribution in [3.8, 4) is 0 Å². The third kappa shape index (κ3) is 2.53. The molecule has 1 N–H and O–H groups in total. The monoisotopic (exact) mass is 269 g/mol. The number of rotatable bonds is 3. The number of imidazole rings is 1. The van der Waals surface area contributed by atoms with E-state index in [4.69, 9.17) is 23.8 Å². The van der Waals surface area contributed by atoms with E-state index in [0.717, 1.165) is 17.7 Å². The Morgan fingerprint density at radius 2 is 2.18 bits per heavy atom. The van der Waals surface area contributed by atoms with Gasteiger partial charge in [0.05, 0.1) is 10.5 Å². The first-order valence-electron chi connectivity index (χ1n) is 5.73. The van der Waals surface area contributed by atoms with Crippen molar-refractivity contribution in [2.45, 2.75) is 27.3 Å². The zero-order valence-electron chi connectivity index (χ0n) is 10.2. The average Bonchev–Trinajstić information content (AvgIpc) is 2.54. The highest BCUT2D eigenvalue weighted by atomic mass is 35.5. The number of aromatic amines is 1. The maximum atomic E-state index is 5.91. The Hall–Kier alpha value is -0.870. The van der Waals surface area contributed by atoms with E-state index in [1.807, 2.05) is 10.6 Å². The van der Waals surface area contributed by atoms with Crippen LogP contribution in [0.2, 0.25) is 5.02 Å². The second-order valence-corrected chi connectivity index (χ2v) is 5.61. The molecule has 0 aliphatic heterocycles. The number of hydrogen-bond acceptors (Lipinski definition) is 2. The molecule has 2 aromatic heterocycles. The Bertz CT molecular complexity index is 585. The predicted octanol–water partition coefficient (Wildman–Crippen LogP) is 4.04. The van der Waals surface area contributed by atoms with Crippen LogP contribution in [0, 0.1) is 16.6 Å². The fourth-order valence-electron chi connectivity index (χ4n) is 1.69. The van der Waals surface area contributed by atoms with Crippen molar-refractivity contribution in [1.29, 1.82) is 0 Å². The summed E-state index contributed by atoms with van der Waals surface area (Å²) in [5, 5.41) is 0.623. The van der Waals surface area contributed by atoms with E-state index in [0.29, 0.717) is 21.6 Å². The van der Waals surface area contributed by atoms with Gasteiger partial charge in [-0.15, -0.1) is 0 Å². The molecule has 2 aromatic rings. The first-order valence-corrected chi connectivity index (χ1v) is 6.51. The molecule has 0 amide bonds. The van der Waals surface area contributed by atoms with Crippen molar-refractivity contribution in [2.24, 2.45) is 11.8 Å². The number of aromatic nitrogens is 3. The van der Waals surface area contributed by atoms with E-state index >= 15 is 0 Å². The average molecular weight is 270 g/mol. The summed E-state index contributed by atoms with van der Waals surface area (Å²) in [7, 11) is 0. The van der Waals surface area contributed by atoms with Crippen LogP contribution in [-0.2, 0) is 6.54 Å². The minimum absolute atomic E-state index is 0.554. The van der Waals surface area contributed by atoms with Crippen molar-refractivity contribution in [3.05, 3.63) is 22.1 Å². The van der Waals surface area contributed by atoms with Crippen LogP contribution in [-0.4, -0.2) is 14.5 Å². The molecule has 0 aliphatic rings. The zero-order chi connectivity index (χ0) is 12.6. The third-order valence-corrected chi connectivity index (χ3v) is 3.71. The predicted molar refractivity (Wildman–Crippen MR) is 73.9 cm³/mol. The summed E-state index contributed by atoms with van der Waals surface area (Å²) in [4.78, 5) is 7.49. The van der Waals surface area contributed by atoms with Gasteiger partial charge in [-0.3, -0.25) is 0 Å². The third-order valence-electron chi connectivity index (χ3n) is 3.18. The summed E-state index contributed by atoms with van der Waals surface area (Å²) in [5.74, 6) is 1.17. The topological polar surface area (TPSA) is 33.6 Å². The number of nitrogens with zero attached hydrogens (tertiary/aromatic N) is 2. The summed E-state index contributed by atoms with van der Waals surface area (Å²) >= 11 is 11.2. The highest BCUT2D eigenvalue weighted by Crippen LogP contribution is 2.19. The van der Waals surface area contributed by atoms with E-state index < -0.39 is 0 Å². The summed E-state index contributed by atoms with van der Waals surface area (Å²) in [5.41, 5.74) is 1.78. The number of pyridine rings is 1. The van der Waals surface area contributed by atoms with Gasteiger partial charge < -0.3 is 9.55 Å². The summed E-state index contributed by atoms with van der Waals surface area (Å²) in [6.45, 7) is 7.53. The minimum atomic E-state index is 0.554. The summed E-state index contributed by atoms with van der Waals surface area (Å²) in [6, 6.07) is 1.86. The Labute approximate surface area is 111 Å². The van der Waals surface area contributed by atoms with E-state index in [2.05, 4.69) is 30.7 Å². The van der Waals surface area contributed by atoms with Crippen LogP contribution < -0.4 is 0 Å². The smallest absolute Gasteiger partial charge is 0.179 e. The van der Waals surface area contributed by atoms with E-state index in [9.17, 15) is 0 Å². The molecule has 2 heterocycles. The quantitative estimate of drug-likeness (QED) is 0.853. The first-order chi connectivity index (χ1) is 7.99. The number of fused-ring (bicyclic) bond motifs is 1. The molecular formula is C12H16ClN3S. The van der Waals surface area contributed by atoms with E-state index in [1.54, 1.807) is 6.20 Å². The van der Waals surface area contributed by atoms with Crippen LogP contribution in [0.15, 0.2) is 12.3 Å². The molecule has 0 saturated carbocycles. The molecule has 0 spiro atoms. The zero-order valence-corrected chi connectivity index (χ0v) is 11.8. The SMILES string of the molecule is CC(C)C(C)Cn1c(=S)[nH]c2cc(Cl)cnc21. The van der Waals surface area contributed by atoms with Gasteiger partial charge >= 0.3 is 0 Å². The Morgan fingerprint density at radius 3 is 2.82 bits per heavy atom. The number of nitrogens with one attached hydrogen (secondary N) is 1. The Morgan fingerprint density at radius 1 is 1.47 bits per heavy atom. The maximum Gasteiger partial charge on any atom is 0.179 e. The first kappa shape index (κ1) is 12.6. The molecule has 1 unspecified atom stereocenters. The molecule has 1 atom stereocenters. The van der Waals surface area contributed by atoms with Gasteiger partial charge in [0, 0.05) is 12.7 Å². The highest BCUT2D eigenvalue weighted by Gasteiger charge is 2.12. The second kappa shape index (κ2) is 4.78. The minimum Gasteiger partial charge on any atom is -0.329 e. The Balaban J connectivity index is 2.47. The molecule has 3 nitrogen and oxygen atoms in total. The van der Waals surface area contributed by atoms with Crippen molar-refractivity contribution < 1.29 is 0 Å². The second-order valence-electron chi connectivity index (χ2n) is 4.79. The van der Waals surface area contributed by atoms with Gasteiger partial charge in [-0.1, -0.05) is 32.4 Å². The summed E-state index contributed by atoms with van der Waals surface area (Å²) < 4.78 is 2.76. The van der Waals surface area contributed by atoms with E-state index in [1.165, 1.54) is 0 Å². The molecule has 0 aliphatic carbocycles. The molecule has 0 bridgehead atoms. The number of halogens is 1. The molecule has 0 saturated heterocycles. The van der Waals surface area contributed by atoms with Gasteiger partial charge in [-0.05, 0) is 30.1 Å². The van der Waals surface area contributed by atoms with Crippen LogP contribution in [0.5, 0.6) is 0 Å². The van der Waals surface area contributed by atoms with Crippen molar-refractivity contribution in [1.82, 2.24) is 14.5 Å². The largest absolute Gasteiger partial charge is 0.329 e. The van der Waals surface area contributed by atoms with Crippen LogP contribution in [0.4, 0.5) is 0 Å². The molecule has 2 rings (SSSR count). The van der Waals surface area contributed by atoms with Gasteiger partial charge in [0.1, 0.15) is 0 Å².